The number of alkyl halides is 1. The summed E-state index contributed by atoms with van der Waals surface area (Å²) in [6, 6.07) is 5.25. The van der Waals surface area contributed by atoms with E-state index in [0.717, 1.165) is 30.3 Å². The number of anilines is 2. The van der Waals surface area contributed by atoms with Crippen LogP contribution in [0.15, 0.2) is 18.2 Å². The maximum Gasteiger partial charge on any atom is 0.150 e. The van der Waals surface area contributed by atoms with Gasteiger partial charge in [-0.25, -0.2) is 0 Å². The summed E-state index contributed by atoms with van der Waals surface area (Å²) >= 11 is 3.35. The van der Waals surface area contributed by atoms with Gasteiger partial charge >= 0.3 is 0 Å². The van der Waals surface area contributed by atoms with Gasteiger partial charge in [-0.3, -0.25) is 4.79 Å². The van der Waals surface area contributed by atoms with Gasteiger partial charge in [0.05, 0.1) is 11.4 Å². The Morgan fingerprint density at radius 3 is 2.86 bits per heavy atom. The van der Waals surface area contributed by atoms with E-state index in [9.17, 15) is 4.79 Å². The second kappa shape index (κ2) is 5.65. The summed E-state index contributed by atoms with van der Waals surface area (Å²) < 4.78 is 0. The fourth-order valence-corrected chi connectivity index (χ4v) is 1.39. The number of carbonyl (C=O) groups is 1. The summed E-state index contributed by atoms with van der Waals surface area (Å²) in [7, 11) is 0. The number of carbonyl (C=O) groups excluding carboxylic acids is 1. The normalized spacial score (nSPS) is 9.79. The van der Waals surface area contributed by atoms with E-state index < -0.39 is 0 Å². The van der Waals surface area contributed by atoms with Crippen molar-refractivity contribution < 1.29 is 4.79 Å². The summed E-state index contributed by atoms with van der Waals surface area (Å²) in [5, 5.41) is 4.16. The van der Waals surface area contributed by atoms with Crippen LogP contribution in [0.5, 0.6) is 0 Å². The minimum absolute atomic E-state index is 0.605. The highest BCUT2D eigenvalue weighted by Crippen LogP contribution is 2.18. The van der Waals surface area contributed by atoms with Gasteiger partial charge in [0.1, 0.15) is 6.29 Å². The molecule has 0 saturated carbocycles. The molecule has 0 amide bonds. The first-order chi connectivity index (χ1) is 6.77. The lowest BCUT2D eigenvalue weighted by molar-refractivity contribution is 0.112. The monoisotopic (exact) mass is 256 g/mol. The molecule has 0 heterocycles. The number of rotatable bonds is 5. The standard InChI is InChI=1S/C10H13BrN2O/c11-4-1-5-13-10-3-2-8(7-14)6-9(10)12/h2-3,6-7,13H,1,4-5,12H2. The van der Waals surface area contributed by atoms with Gasteiger partial charge in [-0.2, -0.15) is 0 Å². The first kappa shape index (κ1) is 11.0. The van der Waals surface area contributed by atoms with Gasteiger partial charge in [-0.05, 0) is 24.6 Å². The van der Waals surface area contributed by atoms with Crippen LogP contribution in [0.3, 0.4) is 0 Å². The van der Waals surface area contributed by atoms with E-state index in [-0.39, 0.29) is 0 Å². The Bertz CT molecular complexity index is 315. The minimum atomic E-state index is 0.605. The van der Waals surface area contributed by atoms with Crippen molar-refractivity contribution in [2.24, 2.45) is 0 Å². The Morgan fingerprint density at radius 1 is 1.50 bits per heavy atom. The second-order valence-corrected chi connectivity index (χ2v) is 3.73. The molecule has 1 rings (SSSR count). The van der Waals surface area contributed by atoms with E-state index >= 15 is 0 Å². The average Bonchev–Trinajstić information content (AvgIpc) is 2.20. The van der Waals surface area contributed by atoms with Crippen molar-refractivity contribution >= 4 is 33.6 Å². The lowest BCUT2D eigenvalue weighted by Crippen LogP contribution is -2.04. The van der Waals surface area contributed by atoms with Crippen molar-refractivity contribution in [2.75, 3.05) is 22.9 Å². The lowest BCUT2D eigenvalue weighted by atomic mass is 10.2. The largest absolute Gasteiger partial charge is 0.397 e. The first-order valence-electron chi connectivity index (χ1n) is 4.42. The fraction of sp³-hybridized carbons (Fsp3) is 0.300. The molecule has 0 unspecified atom stereocenters. The van der Waals surface area contributed by atoms with E-state index in [1.807, 2.05) is 6.07 Å². The van der Waals surface area contributed by atoms with Crippen molar-refractivity contribution in [3.63, 3.8) is 0 Å². The van der Waals surface area contributed by atoms with E-state index in [1.54, 1.807) is 12.1 Å². The summed E-state index contributed by atoms with van der Waals surface area (Å²) in [6.07, 6.45) is 1.83. The molecule has 0 spiro atoms. The highest BCUT2D eigenvalue weighted by Gasteiger charge is 1.98. The molecule has 0 aliphatic heterocycles. The molecule has 1 aromatic rings. The van der Waals surface area contributed by atoms with Crippen molar-refractivity contribution in [2.45, 2.75) is 6.42 Å². The summed E-state index contributed by atoms with van der Waals surface area (Å²) in [4.78, 5) is 10.4. The maximum absolute atomic E-state index is 10.4. The third-order valence-corrected chi connectivity index (χ3v) is 2.40. The zero-order chi connectivity index (χ0) is 10.4. The van der Waals surface area contributed by atoms with Crippen LogP contribution >= 0.6 is 15.9 Å². The summed E-state index contributed by atoms with van der Waals surface area (Å²) in [5.74, 6) is 0. The van der Waals surface area contributed by atoms with Gasteiger partial charge in [-0.15, -0.1) is 0 Å². The number of aldehydes is 1. The number of nitrogen functional groups attached to an aromatic ring is 1. The van der Waals surface area contributed by atoms with Crippen molar-refractivity contribution in [3.05, 3.63) is 23.8 Å². The predicted molar refractivity (Wildman–Crippen MR) is 63.1 cm³/mol. The van der Waals surface area contributed by atoms with Crippen LogP contribution in [0.25, 0.3) is 0 Å². The molecule has 0 fully saturated rings. The molecule has 4 heteroatoms. The number of halogens is 1. The molecule has 0 atom stereocenters. The Kier molecular flexibility index (Phi) is 4.46. The van der Waals surface area contributed by atoms with Gasteiger partial charge in [0.2, 0.25) is 0 Å². The molecule has 0 saturated heterocycles. The molecule has 1 aromatic carbocycles. The minimum Gasteiger partial charge on any atom is -0.397 e. The number of nitrogens with one attached hydrogen (secondary N) is 1. The topological polar surface area (TPSA) is 55.1 Å². The van der Waals surface area contributed by atoms with Gasteiger partial charge in [0.15, 0.2) is 0 Å². The van der Waals surface area contributed by atoms with Crippen LogP contribution in [0.1, 0.15) is 16.8 Å². The van der Waals surface area contributed by atoms with Crippen LogP contribution in [0.2, 0.25) is 0 Å². The van der Waals surface area contributed by atoms with Gasteiger partial charge in [-0.1, -0.05) is 15.9 Å². The molecule has 0 radical (unpaired) electrons. The van der Waals surface area contributed by atoms with Crippen molar-refractivity contribution in [3.8, 4) is 0 Å². The third kappa shape index (κ3) is 3.03. The Morgan fingerprint density at radius 2 is 2.29 bits per heavy atom. The van der Waals surface area contributed by atoms with E-state index in [2.05, 4.69) is 21.2 Å². The van der Waals surface area contributed by atoms with E-state index in [1.165, 1.54) is 0 Å². The Labute approximate surface area is 91.8 Å². The summed E-state index contributed by atoms with van der Waals surface area (Å²) in [6.45, 7) is 0.871. The van der Waals surface area contributed by atoms with Crippen LogP contribution in [-0.2, 0) is 0 Å². The van der Waals surface area contributed by atoms with Gasteiger partial charge in [0.25, 0.3) is 0 Å². The second-order valence-electron chi connectivity index (χ2n) is 2.93. The highest BCUT2D eigenvalue weighted by atomic mass is 79.9. The maximum atomic E-state index is 10.4. The third-order valence-electron chi connectivity index (χ3n) is 1.84. The quantitative estimate of drug-likeness (QED) is 0.368. The molecule has 76 valence electrons. The highest BCUT2D eigenvalue weighted by molar-refractivity contribution is 9.09. The molecular weight excluding hydrogens is 244 g/mol. The molecule has 0 bridgehead atoms. The van der Waals surface area contributed by atoms with Crippen LogP contribution < -0.4 is 11.1 Å². The Balaban J connectivity index is 2.64. The smallest absolute Gasteiger partial charge is 0.150 e. The molecular formula is C10H13BrN2O. The van der Waals surface area contributed by atoms with Gasteiger partial charge < -0.3 is 11.1 Å². The zero-order valence-electron chi connectivity index (χ0n) is 7.79. The Hall–Kier alpha value is -1.03. The zero-order valence-corrected chi connectivity index (χ0v) is 9.38. The molecule has 3 N–H and O–H groups in total. The molecule has 0 aromatic heterocycles. The SMILES string of the molecule is Nc1cc(C=O)ccc1NCCCBr. The molecule has 14 heavy (non-hydrogen) atoms. The number of benzene rings is 1. The number of hydrogen-bond donors (Lipinski definition) is 2. The summed E-state index contributed by atoms with van der Waals surface area (Å²) in [5.41, 5.74) is 7.85. The first-order valence-corrected chi connectivity index (χ1v) is 5.54. The number of nitrogens with two attached hydrogens (primary N) is 1. The van der Waals surface area contributed by atoms with Gasteiger partial charge in [0, 0.05) is 17.4 Å². The predicted octanol–water partition coefficient (Wildman–Crippen LogP) is 2.28. The van der Waals surface area contributed by atoms with Crippen LogP contribution in [-0.4, -0.2) is 18.2 Å². The lowest BCUT2D eigenvalue weighted by Gasteiger charge is -2.08. The average molecular weight is 257 g/mol. The van der Waals surface area contributed by atoms with Crippen LogP contribution in [0.4, 0.5) is 11.4 Å². The van der Waals surface area contributed by atoms with Crippen LogP contribution in [0, 0.1) is 0 Å². The number of hydrogen-bond acceptors (Lipinski definition) is 3. The molecule has 0 aliphatic rings. The van der Waals surface area contributed by atoms with Crippen molar-refractivity contribution in [1.82, 2.24) is 0 Å². The fourth-order valence-electron chi connectivity index (χ4n) is 1.11. The van der Waals surface area contributed by atoms with E-state index in [4.69, 9.17) is 5.73 Å². The van der Waals surface area contributed by atoms with Crippen molar-refractivity contribution in [1.29, 1.82) is 0 Å². The molecule has 0 aliphatic carbocycles. The molecule has 3 nitrogen and oxygen atoms in total. The van der Waals surface area contributed by atoms with E-state index in [0.29, 0.717) is 11.3 Å².